The number of nitrogens with zero attached hydrogens (tertiary/aromatic N) is 1. The molecule has 0 saturated heterocycles. The van der Waals surface area contributed by atoms with E-state index in [1.165, 1.54) is 31.2 Å². The third kappa shape index (κ3) is 5.61. The molecule has 0 aromatic heterocycles. The van der Waals surface area contributed by atoms with Crippen molar-refractivity contribution in [1.29, 1.82) is 0 Å². The molecule has 0 fully saturated rings. The second kappa shape index (κ2) is 10.2. The van der Waals surface area contributed by atoms with Gasteiger partial charge >= 0.3 is 0 Å². The van der Waals surface area contributed by atoms with Crippen molar-refractivity contribution in [2.45, 2.75) is 34.8 Å². The molecule has 5 nitrogen and oxygen atoms in total. The van der Waals surface area contributed by atoms with Crippen LogP contribution in [0.4, 0.5) is 0 Å². The van der Waals surface area contributed by atoms with Crippen molar-refractivity contribution in [3.63, 3.8) is 0 Å². The summed E-state index contributed by atoms with van der Waals surface area (Å²) >= 11 is 0. The molecule has 0 heterocycles. The molecule has 33 heavy (non-hydrogen) atoms. The first-order chi connectivity index (χ1) is 15.7. The van der Waals surface area contributed by atoms with Gasteiger partial charge in [0, 0.05) is 10.8 Å². The van der Waals surface area contributed by atoms with Crippen molar-refractivity contribution < 1.29 is 17.7 Å². The first-order valence-corrected chi connectivity index (χ1v) is 13.4. The van der Waals surface area contributed by atoms with Crippen LogP contribution in [-0.4, -0.2) is 17.9 Å². The quantitative estimate of drug-likeness (QED) is 0.342. The van der Waals surface area contributed by atoms with Crippen molar-refractivity contribution in [3.8, 4) is 0 Å². The van der Waals surface area contributed by atoms with Crippen molar-refractivity contribution in [3.05, 3.63) is 121 Å². The Morgan fingerprint density at radius 3 is 1.94 bits per heavy atom. The number of rotatable bonds is 8. The lowest BCUT2D eigenvalue weighted by molar-refractivity contribution is -0.302. The fourth-order valence-electron chi connectivity index (χ4n) is 3.55. The molecule has 0 bridgehead atoms. The van der Waals surface area contributed by atoms with Crippen LogP contribution >= 0.6 is 0 Å². The largest absolute Gasteiger partial charge is 0.876 e. The number of hydrogen-bond donors (Lipinski definition) is 0. The minimum Gasteiger partial charge on any atom is -0.876 e. The monoisotopic (exact) mass is 480 g/mol. The maximum absolute atomic E-state index is 14.6. The molecule has 0 unspecified atom stereocenters. The SMILES string of the molecule is C=C[C@H]([C@@H](/C=C(/C)[O-])c1ccccc1)[S@@](=O)(=NS(=O)(=O)c1ccc(C)cc1)c1ccccc1. The number of allylic oxidation sites excluding steroid dienone is 2. The van der Waals surface area contributed by atoms with Crippen LogP contribution in [0.1, 0.15) is 24.0 Å². The smallest absolute Gasteiger partial charge is 0.290 e. The fourth-order valence-corrected chi connectivity index (χ4v) is 8.04. The molecule has 0 spiro atoms. The fraction of sp³-hybridized carbons (Fsp3) is 0.154. The van der Waals surface area contributed by atoms with Gasteiger partial charge in [-0.1, -0.05) is 85.3 Å². The van der Waals surface area contributed by atoms with Gasteiger partial charge in [-0.2, -0.15) is 8.42 Å². The molecule has 0 aliphatic heterocycles. The minimum absolute atomic E-state index is 0.0497. The Morgan fingerprint density at radius 1 is 0.879 bits per heavy atom. The van der Waals surface area contributed by atoms with Gasteiger partial charge in [0.05, 0.1) is 19.9 Å². The first-order valence-electron chi connectivity index (χ1n) is 10.3. The molecule has 0 aliphatic carbocycles. The van der Waals surface area contributed by atoms with Crippen LogP contribution in [-0.2, 0) is 19.8 Å². The van der Waals surface area contributed by atoms with Crippen LogP contribution in [0.15, 0.2) is 123 Å². The minimum atomic E-state index is -4.28. The molecular weight excluding hydrogens is 454 g/mol. The summed E-state index contributed by atoms with van der Waals surface area (Å²) in [4.78, 5) is 0.204. The lowest BCUT2D eigenvalue weighted by Crippen LogP contribution is -2.27. The van der Waals surface area contributed by atoms with Crippen LogP contribution in [0.2, 0.25) is 0 Å². The number of benzene rings is 3. The number of sulfonamides is 1. The first kappa shape index (κ1) is 24.5. The molecule has 7 heteroatoms. The number of aryl methyl sites for hydroxylation is 1. The van der Waals surface area contributed by atoms with Crippen LogP contribution < -0.4 is 5.11 Å². The molecule has 0 radical (unpaired) electrons. The normalized spacial score (nSPS) is 15.8. The molecule has 0 N–H and O–H groups in total. The number of hydrogen-bond acceptors (Lipinski definition) is 4. The van der Waals surface area contributed by atoms with Crippen LogP contribution in [0.25, 0.3) is 0 Å². The molecule has 3 aromatic carbocycles. The van der Waals surface area contributed by atoms with Crippen LogP contribution in [0, 0.1) is 6.92 Å². The van der Waals surface area contributed by atoms with Gasteiger partial charge in [0.15, 0.2) is 0 Å². The summed E-state index contributed by atoms with van der Waals surface area (Å²) in [7, 11) is -7.91. The van der Waals surface area contributed by atoms with E-state index in [-0.39, 0.29) is 15.6 Å². The Balaban J connectivity index is 2.32. The molecule has 3 aromatic rings. The van der Waals surface area contributed by atoms with Crippen molar-refractivity contribution in [2.24, 2.45) is 3.77 Å². The van der Waals surface area contributed by atoms with E-state index in [1.54, 1.807) is 66.7 Å². The van der Waals surface area contributed by atoms with E-state index < -0.39 is 30.9 Å². The molecule has 0 aliphatic rings. The second-order valence-electron chi connectivity index (χ2n) is 7.66. The molecule has 0 amide bonds. The van der Waals surface area contributed by atoms with Gasteiger partial charge in [0.1, 0.15) is 0 Å². The Morgan fingerprint density at radius 2 is 1.42 bits per heavy atom. The summed E-state index contributed by atoms with van der Waals surface area (Å²) < 4.78 is 45.2. The highest BCUT2D eigenvalue weighted by Gasteiger charge is 2.33. The molecule has 172 valence electrons. The van der Waals surface area contributed by atoms with Crippen molar-refractivity contribution in [2.75, 3.05) is 0 Å². The van der Waals surface area contributed by atoms with Gasteiger partial charge < -0.3 is 5.11 Å². The van der Waals surface area contributed by atoms with Gasteiger partial charge in [-0.25, -0.2) is 4.21 Å². The van der Waals surface area contributed by atoms with E-state index in [1.807, 2.05) is 13.0 Å². The highest BCUT2D eigenvalue weighted by atomic mass is 32.3. The topological polar surface area (TPSA) is 86.6 Å². The van der Waals surface area contributed by atoms with Crippen molar-refractivity contribution in [1.82, 2.24) is 0 Å². The summed E-state index contributed by atoms with van der Waals surface area (Å²) in [6, 6.07) is 23.5. The van der Waals surface area contributed by atoms with E-state index in [4.69, 9.17) is 0 Å². The molecule has 0 saturated carbocycles. The Labute approximate surface area is 196 Å². The summed E-state index contributed by atoms with van der Waals surface area (Å²) in [5.41, 5.74) is 1.60. The summed E-state index contributed by atoms with van der Waals surface area (Å²) in [5, 5.41) is 11.1. The predicted octanol–water partition coefficient (Wildman–Crippen LogP) is 4.81. The van der Waals surface area contributed by atoms with Crippen LogP contribution in [0.3, 0.4) is 0 Å². The van der Waals surface area contributed by atoms with E-state index in [9.17, 15) is 17.7 Å². The summed E-state index contributed by atoms with van der Waals surface area (Å²) in [5.74, 6) is -0.919. The average Bonchev–Trinajstić information content (AvgIpc) is 2.80. The Bertz CT molecular complexity index is 1350. The molecule has 3 atom stereocenters. The lowest BCUT2D eigenvalue weighted by atomic mass is 9.94. The van der Waals surface area contributed by atoms with E-state index in [0.717, 1.165) is 5.56 Å². The van der Waals surface area contributed by atoms with Crippen molar-refractivity contribution >= 4 is 19.8 Å². The lowest BCUT2D eigenvalue weighted by Gasteiger charge is -2.27. The van der Waals surface area contributed by atoms with Gasteiger partial charge in [-0.15, -0.1) is 16.1 Å². The zero-order valence-electron chi connectivity index (χ0n) is 18.5. The highest BCUT2D eigenvalue weighted by molar-refractivity contribution is 8.03. The second-order valence-corrected chi connectivity index (χ2v) is 11.8. The highest BCUT2D eigenvalue weighted by Crippen LogP contribution is 2.34. The Kier molecular flexibility index (Phi) is 7.56. The average molecular weight is 481 g/mol. The van der Waals surface area contributed by atoms with E-state index in [2.05, 4.69) is 10.3 Å². The maximum atomic E-state index is 14.6. The standard InChI is InChI=1S/C26H27NO4S2/c1-4-26(25(19-21(3)28)22-11-7-5-8-12-22)32(29,23-13-9-6-10-14-23)27-33(30,31)24-17-15-20(2)16-18-24/h4-19,25-26,28H,1H2,2-3H3/p-1/b21-19-/t25-,26+,32+/m0/s1. The third-order valence-electron chi connectivity index (χ3n) is 5.16. The predicted molar refractivity (Wildman–Crippen MR) is 131 cm³/mol. The van der Waals surface area contributed by atoms with Crippen LogP contribution in [0.5, 0.6) is 0 Å². The molecular formula is C26H26NO4S2-. The maximum Gasteiger partial charge on any atom is 0.290 e. The van der Waals surface area contributed by atoms with E-state index >= 15 is 0 Å². The summed E-state index contributed by atoms with van der Waals surface area (Å²) in [6.45, 7) is 7.10. The van der Waals surface area contributed by atoms with Gasteiger partial charge in [-0.05, 0) is 36.8 Å². The van der Waals surface area contributed by atoms with Gasteiger partial charge in [-0.3, -0.25) is 0 Å². The van der Waals surface area contributed by atoms with Gasteiger partial charge in [0.25, 0.3) is 10.0 Å². The van der Waals surface area contributed by atoms with Gasteiger partial charge in [0.2, 0.25) is 0 Å². The third-order valence-corrected chi connectivity index (χ3v) is 9.87. The summed E-state index contributed by atoms with van der Waals surface area (Å²) in [6.07, 6.45) is 2.87. The Hall–Kier alpha value is -3.16. The zero-order valence-corrected chi connectivity index (χ0v) is 20.1. The molecule has 3 rings (SSSR count). The zero-order chi connectivity index (χ0) is 24.1. The van der Waals surface area contributed by atoms with E-state index in [0.29, 0.717) is 5.56 Å².